The first-order chi connectivity index (χ1) is 13.9. The van der Waals surface area contributed by atoms with Crippen molar-refractivity contribution in [1.82, 2.24) is 0 Å². The van der Waals surface area contributed by atoms with Crippen LogP contribution in [-0.4, -0.2) is 37.7 Å². The number of nitrogens with zero attached hydrogens (tertiary/aromatic N) is 2. The second-order valence-electron chi connectivity index (χ2n) is 8.56. The first kappa shape index (κ1) is 27.8. The quantitative estimate of drug-likeness (QED) is 0.217. The fourth-order valence-electron chi connectivity index (χ4n) is 2.20. The molecule has 0 saturated heterocycles. The summed E-state index contributed by atoms with van der Waals surface area (Å²) in [6.07, 6.45) is 1.30. The summed E-state index contributed by atoms with van der Waals surface area (Å²) in [6, 6.07) is 4.29. The highest BCUT2D eigenvalue weighted by molar-refractivity contribution is 5.69. The Morgan fingerprint density at radius 3 is 1.40 bits per heavy atom. The lowest BCUT2D eigenvalue weighted by Gasteiger charge is -2.18. The summed E-state index contributed by atoms with van der Waals surface area (Å²) in [5.74, 6) is -0.772. The molecule has 0 aliphatic heterocycles. The fourth-order valence-corrected chi connectivity index (χ4v) is 2.20. The Labute approximate surface area is 180 Å². The van der Waals surface area contributed by atoms with Gasteiger partial charge in [-0.1, -0.05) is 0 Å². The van der Waals surface area contributed by atoms with Gasteiger partial charge < -0.3 is 18.9 Å². The Bertz CT molecular complexity index is 564. The molecule has 2 atom stereocenters. The molecule has 8 heteroatoms. The van der Waals surface area contributed by atoms with Crippen LogP contribution in [0.25, 0.3) is 0 Å². The van der Waals surface area contributed by atoms with Crippen molar-refractivity contribution in [3.8, 4) is 12.1 Å². The van der Waals surface area contributed by atoms with Gasteiger partial charge in [0.15, 0.2) is 12.6 Å². The summed E-state index contributed by atoms with van der Waals surface area (Å²) >= 11 is 0. The second kappa shape index (κ2) is 14.0. The minimum atomic E-state index is -0.652. The number of rotatable bonds is 15. The molecule has 0 aliphatic carbocycles. The third kappa shape index (κ3) is 14.8. The summed E-state index contributed by atoms with van der Waals surface area (Å²) in [5, 5.41) is 17.9. The SMILES string of the molecule is CC(OCCCCOC(C)OC(=O)CCC(C)(C)C#N)OC(=O)CCC(C)(C)C#N. The van der Waals surface area contributed by atoms with E-state index in [-0.39, 0.29) is 24.8 Å². The molecule has 0 N–H and O–H groups in total. The van der Waals surface area contributed by atoms with Crippen LogP contribution in [0, 0.1) is 33.5 Å². The highest BCUT2D eigenvalue weighted by atomic mass is 16.7. The molecule has 0 rings (SSSR count). The average molecular weight is 425 g/mol. The summed E-state index contributed by atoms with van der Waals surface area (Å²) in [4.78, 5) is 23.5. The van der Waals surface area contributed by atoms with Crippen LogP contribution in [0.5, 0.6) is 0 Å². The van der Waals surface area contributed by atoms with Crippen molar-refractivity contribution in [3.63, 3.8) is 0 Å². The molecule has 0 aromatic heterocycles. The monoisotopic (exact) mass is 424 g/mol. The summed E-state index contributed by atoms with van der Waals surface area (Å²) < 4.78 is 21.2. The van der Waals surface area contributed by atoms with Crippen LogP contribution >= 0.6 is 0 Å². The Morgan fingerprint density at radius 1 is 0.767 bits per heavy atom. The molecule has 0 amide bonds. The normalized spacial score (nSPS) is 13.6. The van der Waals surface area contributed by atoms with Crippen LogP contribution in [0.4, 0.5) is 0 Å². The lowest BCUT2D eigenvalue weighted by molar-refractivity contribution is -0.179. The third-order valence-electron chi connectivity index (χ3n) is 4.35. The van der Waals surface area contributed by atoms with Crippen LogP contribution in [0.1, 0.15) is 80.1 Å². The molecule has 0 spiro atoms. The molecular weight excluding hydrogens is 388 g/mol. The zero-order valence-corrected chi connectivity index (χ0v) is 19.2. The molecule has 0 aromatic carbocycles. The van der Waals surface area contributed by atoms with Crippen molar-refractivity contribution >= 4 is 11.9 Å². The maximum Gasteiger partial charge on any atom is 0.308 e. The first-order valence-electron chi connectivity index (χ1n) is 10.4. The van der Waals surface area contributed by atoms with Crippen LogP contribution in [0.15, 0.2) is 0 Å². The van der Waals surface area contributed by atoms with Gasteiger partial charge in [-0.25, -0.2) is 0 Å². The van der Waals surface area contributed by atoms with E-state index in [1.54, 1.807) is 41.5 Å². The van der Waals surface area contributed by atoms with E-state index in [0.717, 1.165) is 0 Å². The van der Waals surface area contributed by atoms with E-state index in [2.05, 4.69) is 12.1 Å². The molecule has 170 valence electrons. The number of ether oxygens (including phenoxy) is 4. The minimum Gasteiger partial charge on any atom is -0.436 e. The van der Waals surface area contributed by atoms with E-state index in [0.29, 0.717) is 38.9 Å². The van der Waals surface area contributed by atoms with E-state index in [9.17, 15) is 9.59 Å². The van der Waals surface area contributed by atoms with Crippen LogP contribution in [0.2, 0.25) is 0 Å². The van der Waals surface area contributed by atoms with Crippen molar-refractivity contribution in [2.75, 3.05) is 13.2 Å². The maximum absolute atomic E-state index is 11.7. The molecule has 8 nitrogen and oxygen atoms in total. The summed E-state index contributed by atoms with van der Waals surface area (Å²) in [5.41, 5.74) is -1.11. The predicted molar refractivity (Wildman–Crippen MR) is 110 cm³/mol. The van der Waals surface area contributed by atoms with Gasteiger partial charge in [0.1, 0.15) is 0 Å². The fraction of sp³-hybridized carbons (Fsp3) is 0.818. The molecule has 0 aromatic rings. The van der Waals surface area contributed by atoms with Gasteiger partial charge in [0, 0.05) is 12.8 Å². The Kier molecular flexibility index (Phi) is 12.9. The van der Waals surface area contributed by atoms with Crippen molar-refractivity contribution < 1.29 is 28.5 Å². The van der Waals surface area contributed by atoms with Crippen LogP contribution in [-0.2, 0) is 28.5 Å². The molecule has 30 heavy (non-hydrogen) atoms. The molecule has 0 bridgehead atoms. The second-order valence-corrected chi connectivity index (χ2v) is 8.56. The van der Waals surface area contributed by atoms with Crippen molar-refractivity contribution in [2.24, 2.45) is 10.8 Å². The molecule has 0 radical (unpaired) electrons. The standard InChI is InChI=1S/C22H36N2O6/c1-17(29-19(25)9-11-21(3,4)15-23)27-13-7-8-14-28-18(2)30-20(26)10-12-22(5,6)16-24/h17-18H,7-14H2,1-6H3. The predicted octanol–water partition coefficient (Wildman–Crippen LogP) is 4.24. The molecule has 0 aliphatic rings. The number of hydrogen-bond donors (Lipinski definition) is 0. The third-order valence-corrected chi connectivity index (χ3v) is 4.35. The molecule has 0 heterocycles. The molecule has 0 saturated carbocycles. The summed E-state index contributed by atoms with van der Waals surface area (Å²) in [6.45, 7) is 11.2. The summed E-state index contributed by atoms with van der Waals surface area (Å²) in [7, 11) is 0. The van der Waals surface area contributed by atoms with Crippen LogP contribution < -0.4 is 0 Å². The van der Waals surface area contributed by atoms with Gasteiger partial charge in [-0.15, -0.1) is 0 Å². The van der Waals surface area contributed by atoms with Crippen LogP contribution in [0.3, 0.4) is 0 Å². The number of esters is 2. The van der Waals surface area contributed by atoms with Gasteiger partial charge >= 0.3 is 11.9 Å². The van der Waals surface area contributed by atoms with E-state index in [4.69, 9.17) is 29.5 Å². The number of unbranched alkanes of at least 4 members (excludes halogenated alkanes) is 1. The van der Waals surface area contributed by atoms with Crippen molar-refractivity contribution in [2.45, 2.75) is 92.6 Å². The van der Waals surface area contributed by atoms with E-state index < -0.39 is 23.4 Å². The maximum atomic E-state index is 11.7. The smallest absolute Gasteiger partial charge is 0.308 e. The number of carbonyl (C=O) groups is 2. The van der Waals surface area contributed by atoms with Crippen molar-refractivity contribution in [1.29, 1.82) is 10.5 Å². The molecule has 2 unspecified atom stereocenters. The lowest BCUT2D eigenvalue weighted by atomic mass is 9.90. The van der Waals surface area contributed by atoms with Gasteiger partial charge in [0.05, 0.1) is 36.2 Å². The first-order valence-corrected chi connectivity index (χ1v) is 10.4. The van der Waals surface area contributed by atoms with Gasteiger partial charge in [-0.3, -0.25) is 9.59 Å². The van der Waals surface area contributed by atoms with E-state index >= 15 is 0 Å². The average Bonchev–Trinajstić information content (AvgIpc) is 2.67. The zero-order chi connectivity index (χ0) is 23.2. The Morgan fingerprint density at radius 2 is 1.10 bits per heavy atom. The highest BCUT2D eigenvalue weighted by Crippen LogP contribution is 2.22. The van der Waals surface area contributed by atoms with Gasteiger partial charge in [0.2, 0.25) is 0 Å². The van der Waals surface area contributed by atoms with Gasteiger partial charge in [0.25, 0.3) is 0 Å². The largest absolute Gasteiger partial charge is 0.436 e. The van der Waals surface area contributed by atoms with Gasteiger partial charge in [-0.2, -0.15) is 10.5 Å². The number of nitriles is 2. The van der Waals surface area contributed by atoms with Crippen molar-refractivity contribution in [3.05, 3.63) is 0 Å². The number of carbonyl (C=O) groups excluding carboxylic acids is 2. The number of hydrogen-bond acceptors (Lipinski definition) is 8. The Balaban J connectivity index is 3.79. The van der Waals surface area contributed by atoms with E-state index in [1.165, 1.54) is 0 Å². The topological polar surface area (TPSA) is 119 Å². The minimum absolute atomic E-state index is 0.173. The molecular formula is C22H36N2O6. The molecule has 0 fully saturated rings. The highest BCUT2D eigenvalue weighted by Gasteiger charge is 2.21. The Hall–Kier alpha value is -2.16. The lowest BCUT2D eigenvalue weighted by Crippen LogP contribution is -2.21. The zero-order valence-electron chi connectivity index (χ0n) is 19.2. The van der Waals surface area contributed by atoms with E-state index in [1.807, 2.05) is 0 Å². The van der Waals surface area contributed by atoms with Gasteiger partial charge in [-0.05, 0) is 67.2 Å².